The normalized spacial score (nSPS) is 10.1. The second-order valence-electron chi connectivity index (χ2n) is 5.31. The number of hydrogen-bond donors (Lipinski definition) is 2. The Kier molecular flexibility index (Phi) is 5.59. The van der Waals surface area contributed by atoms with Crippen LogP contribution in [0.5, 0.6) is 0 Å². The standard InChI is InChI=1S/C17H17N3O3S/c1-11-6-3-4-7-13(11)10-16(21)19-17(24)18-14-8-5-9-15(12(14)2)20(22)23/h3-9H,10H2,1-2H3,(H2,18,19,21,24). The third-order valence-corrected chi connectivity index (χ3v) is 3.82. The lowest BCUT2D eigenvalue weighted by molar-refractivity contribution is -0.385. The Balaban J connectivity index is 2.01. The molecule has 6 nitrogen and oxygen atoms in total. The van der Waals surface area contributed by atoms with Gasteiger partial charge in [-0.05, 0) is 43.3 Å². The molecule has 0 atom stereocenters. The van der Waals surface area contributed by atoms with Crippen molar-refractivity contribution in [3.8, 4) is 0 Å². The van der Waals surface area contributed by atoms with Crippen LogP contribution in [0.3, 0.4) is 0 Å². The van der Waals surface area contributed by atoms with Crippen LogP contribution in [0.15, 0.2) is 42.5 Å². The number of amides is 1. The van der Waals surface area contributed by atoms with Crippen LogP contribution in [0.1, 0.15) is 16.7 Å². The molecule has 0 aliphatic rings. The maximum absolute atomic E-state index is 12.1. The average Bonchev–Trinajstić information content (AvgIpc) is 2.51. The molecule has 0 fully saturated rings. The summed E-state index contributed by atoms with van der Waals surface area (Å²) in [5.41, 5.74) is 2.89. The number of benzene rings is 2. The van der Waals surface area contributed by atoms with Gasteiger partial charge in [0.15, 0.2) is 5.11 Å². The van der Waals surface area contributed by atoms with Crippen molar-refractivity contribution >= 4 is 34.6 Å². The van der Waals surface area contributed by atoms with Gasteiger partial charge in [-0.25, -0.2) is 0 Å². The molecule has 0 aliphatic carbocycles. The van der Waals surface area contributed by atoms with Crippen LogP contribution < -0.4 is 10.6 Å². The maximum Gasteiger partial charge on any atom is 0.274 e. The van der Waals surface area contributed by atoms with E-state index in [1.165, 1.54) is 6.07 Å². The molecule has 0 bridgehead atoms. The van der Waals surface area contributed by atoms with E-state index in [0.29, 0.717) is 11.3 Å². The minimum Gasteiger partial charge on any atom is -0.332 e. The predicted octanol–water partition coefficient (Wildman–Crippen LogP) is 3.27. The second kappa shape index (κ2) is 7.65. The average molecular weight is 343 g/mol. The van der Waals surface area contributed by atoms with Crippen molar-refractivity contribution in [2.45, 2.75) is 20.3 Å². The minimum atomic E-state index is -0.458. The predicted molar refractivity (Wildman–Crippen MR) is 97.1 cm³/mol. The molecule has 0 saturated carbocycles. The van der Waals surface area contributed by atoms with Crippen molar-refractivity contribution in [2.24, 2.45) is 0 Å². The number of carbonyl (C=O) groups excluding carboxylic acids is 1. The van der Waals surface area contributed by atoms with Crippen molar-refractivity contribution in [2.75, 3.05) is 5.32 Å². The van der Waals surface area contributed by atoms with Crippen LogP contribution in [-0.2, 0) is 11.2 Å². The van der Waals surface area contributed by atoms with Gasteiger partial charge in [-0.3, -0.25) is 14.9 Å². The maximum atomic E-state index is 12.1. The van der Waals surface area contributed by atoms with Crippen LogP contribution in [-0.4, -0.2) is 15.9 Å². The number of nitro benzene ring substituents is 1. The zero-order chi connectivity index (χ0) is 17.7. The first-order valence-corrected chi connectivity index (χ1v) is 7.68. The molecule has 7 heteroatoms. The molecule has 0 radical (unpaired) electrons. The van der Waals surface area contributed by atoms with E-state index < -0.39 is 4.92 Å². The molecule has 0 heterocycles. The second-order valence-corrected chi connectivity index (χ2v) is 5.72. The SMILES string of the molecule is Cc1ccccc1CC(=O)NC(=S)Nc1cccc([N+](=O)[O-])c1C. The Hall–Kier alpha value is -2.80. The van der Waals surface area contributed by atoms with Gasteiger partial charge in [0.25, 0.3) is 5.69 Å². The molecule has 0 aliphatic heterocycles. The molecule has 24 heavy (non-hydrogen) atoms. The van der Waals surface area contributed by atoms with Gasteiger partial charge in [0, 0.05) is 6.07 Å². The third kappa shape index (κ3) is 4.36. The summed E-state index contributed by atoms with van der Waals surface area (Å²) in [6, 6.07) is 12.3. The first-order chi connectivity index (χ1) is 11.4. The number of carbonyl (C=O) groups is 1. The largest absolute Gasteiger partial charge is 0.332 e. The molecular weight excluding hydrogens is 326 g/mol. The Labute approximate surface area is 145 Å². The first-order valence-electron chi connectivity index (χ1n) is 7.28. The summed E-state index contributed by atoms with van der Waals surface area (Å²) < 4.78 is 0. The van der Waals surface area contributed by atoms with Crippen molar-refractivity contribution < 1.29 is 9.72 Å². The van der Waals surface area contributed by atoms with Crippen molar-refractivity contribution in [3.05, 3.63) is 69.3 Å². The van der Waals surface area contributed by atoms with Gasteiger partial charge in [0.1, 0.15) is 0 Å². The summed E-state index contributed by atoms with van der Waals surface area (Å²) >= 11 is 5.12. The number of nitro groups is 1. The number of anilines is 1. The lowest BCUT2D eigenvalue weighted by Gasteiger charge is -2.12. The Morgan fingerprint density at radius 3 is 2.54 bits per heavy atom. The van der Waals surface area contributed by atoms with E-state index in [2.05, 4.69) is 10.6 Å². The van der Waals surface area contributed by atoms with E-state index in [1.807, 2.05) is 31.2 Å². The van der Waals surface area contributed by atoms with Crippen LogP contribution in [0.4, 0.5) is 11.4 Å². The van der Waals surface area contributed by atoms with Gasteiger partial charge >= 0.3 is 0 Å². The zero-order valence-corrected chi connectivity index (χ0v) is 14.1. The highest BCUT2D eigenvalue weighted by Crippen LogP contribution is 2.24. The fraction of sp³-hybridized carbons (Fsp3) is 0.176. The summed E-state index contributed by atoms with van der Waals surface area (Å²) in [7, 11) is 0. The number of hydrogen-bond acceptors (Lipinski definition) is 4. The van der Waals surface area contributed by atoms with E-state index in [9.17, 15) is 14.9 Å². The lowest BCUT2D eigenvalue weighted by atomic mass is 10.1. The van der Waals surface area contributed by atoms with Gasteiger partial charge in [-0.1, -0.05) is 30.3 Å². The van der Waals surface area contributed by atoms with Gasteiger partial charge in [0.2, 0.25) is 5.91 Å². The molecule has 2 N–H and O–H groups in total. The number of thiocarbonyl (C=S) groups is 1. The molecular formula is C17H17N3O3S. The van der Waals surface area contributed by atoms with E-state index in [4.69, 9.17) is 12.2 Å². The van der Waals surface area contributed by atoms with E-state index in [0.717, 1.165) is 11.1 Å². The summed E-state index contributed by atoms with van der Waals surface area (Å²) in [6.45, 7) is 3.56. The number of nitrogens with zero attached hydrogens (tertiary/aromatic N) is 1. The quantitative estimate of drug-likeness (QED) is 0.506. The van der Waals surface area contributed by atoms with Crippen molar-refractivity contribution in [1.82, 2.24) is 5.32 Å². The molecule has 2 aromatic rings. The van der Waals surface area contributed by atoms with Crippen LogP contribution in [0, 0.1) is 24.0 Å². The van der Waals surface area contributed by atoms with Gasteiger partial charge in [0.05, 0.1) is 22.6 Å². The molecule has 0 aromatic heterocycles. The molecule has 2 rings (SSSR count). The minimum absolute atomic E-state index is 0.00552. The molecule has 124 valence electrons. The fourth-order valence-electron chi connectivity index (χ4n) is 2.26. The van der Waals surface area contributed by atoms with E-state index >= 15 is 0 Å². The molecule has 0 spiro atoms. The van der Waals surface area contributed by atoms with Crippen molar-refractivity contribution in [3.63, 3.8) is 0 Å². The Bertz CT molecular complexity index is 805. The summed E-state index contributed by atoms with van der Waals surface area (Å²) in [4.78, 5) is 22.6. The lowest BCUT2D eigenvalue weighted by Crippen LogP contribution is -2.35. The Morgan fingerprint density at radius 2 is 1.88 bits per heavy atom. The number of rotatable bonds is 4. The zero-order valence-electron chi connectivity index (χ0n) is 13.3. The summed E-state index contributed by atoms with van der Waals surface area (Å²) in [6.07, 6.45) is 0.211. The molecule has 1 amide bonds. The first kappa shape index (κ1) is 17.6. The van der Waals surface area contributed by atoms with Crippen LogP contribution in [0.2, 0.25) is 0 Å². The van der Waals surface area contributed by atoms with E-state index in [-0.39, 0.29) is 23.1 Å². The summed E-state index contributed by atoms with van der Waals surface area (Å²) in [5, 5.41) is 16.5. The monoisotopic (exact) mass is 343 g/mol. The summed E-state index contributed by atoms with van der Waals surface area (Å²) in [5.74, 6) is -0.245. The Morgan fingerprint density at radius 1 is 1.17 bits per heavy atom. The third-order valence-electron chi connectivity index (χ3n) is 3.62. The van der Waals surface area contributed by atoms with Gasteiger partial charge in [-0.2, -0.15) is 0 Å². The highest BCUT2D eigenvalue weighted by atomic mass is 32.1. The van der Waals surface area contributed by atoms with Crippen molar-refractivity contribution in [1.29, 1.82) is 0 Å². The smallest absolute Gasteiger partial charge is 0.274 e. The van der Waals surface area contributed by atoms with Gasteiger partial charge < -0.3 is 10.6 Å². The fourth-order valence-corrected chi connectivity index (χ4v) is 2.49. The highest BCUT2D eigenvalue weighted by Gasteiger charge is 2.14. The molecule has 0 saturated heterocycles. The molecule has 0 unspecified atom stereocenters. The number of aryl methyl sites for hydroxylation is 1. The van der Waals surface area contributed by atoms with Crippen LogP contribution >= 0.6 is 12.2 Å². The van der Waals surface area contributed by atoms with Gasteiger partial charge in [-0.15, -0.1) is 0 Å². The highest BCUT2D eigenvalue weighted by molar-refractivity contribution is 7.80. The number of nitrogens with one attached hydrogen (secondary N) is 2. The topological polar surface area (TPSA) is 84.3 Å². The van der Waals surface area contributed by atoms with E-state index in [1.54, 1.807) is 19.1 Å². The van der Waals surface area contributed by atoms with Crippen LogP contribution in [0.25, 0.3) is 0 Å². The molecule has 2 aromatic carbocycles.